The Morgan fingerprint density at radius 1 is 1.39 bits per heavy atom. The van der Waals surface area contributed by atoms with Gasteiger partial charge in [-0.25, -0.2) is 26.4 Å². The summed E-state index contributed by atoms with van der Waals surface area (Å²) >= 11 is 5.76. The lowest BCUT2D eigenvalue weighted by Gasteiger charge is -2.22. The second kappa shape index (κ2) is 6.76. The molecule has 128 valence electrons. The number of sulfone groups is 1. The lowest BCUT2D eigenvalue weighted by Crippen LogP contribution is -2.35. The van der Waals surface area contributed by atoms with E-state index in [0.29, 0.717) is 12.8 Å². The van der Waals surface area contributed by atoms with E-state index in [4.69, 9.17) is 16.7 Å². The van der Waals surface area contributed by atoms with Crippen LogP contribution in [0, 0.1) is 5.92 Å². The van der Waals surface area contributed by atoms with Crippen LogP contribution in [0.25, 0.3) is 0 Å². The fourth-order valence-electron chi connectivity index (χ4n) is 2.43. The van der Waals surface area contributed by atoms with Gasteiger partial charge in [-0.1, -0.05) is 11.6 Å². The first-order valence-electron chi connectivity index (χ1n) is 6.84. The minimum Gasteiger partial charge on any atom is -0.478 e. The molecule has 0 amide bonds. The van der Waals surface area contributed by atoms with Gasteiger partial charge < -0.3 is 5.11 Å². The number of carboxylic acids is 1. The van der Waals surface area contributed by atoms with Crippen LogP contribution < -0.4 is 4.72 Å². The summed E-state index contributed by atoms with van der Waals surface area (Å²) in [6, 6.07) is 3.32. The largest absolute Gasteiger partial charge is 0.478 e. The molecule has 1 aliphatic heterocycles. The molecule has 0 aromatic heterocycles. The Balaban J connectivity index is 2.10. The molecule has 1 aromatic carbocycles. The third-order valence-electron chi connectivity index (χ3n) is 3.60. The highest BCUT2D eigenvalue weighted by molar-refractivity contribution is 7.91. The van der Waals surface area contributed by atoms with Crippen molar-refractivity contribution in [2.24, 2.45) is 5.92 Å². The van der Waals surface area contributed by atoms with E-state index in [1.165, 1.54) is 0 Å². The van der Waals surface area contributed by atoms with E-state index in [0.717, 1.165) is 18.2 Å². The highest BCUT2D eigenvalue weighted by Crippen LogP contribution is 2.22. The normalized spacial score (nSPS) is 21.0. The first-order valence-corrected chi connectivity index (χ1v) is 10.5. The zero-order chi connectivity index (χ0) is 17.3. The van der Waals surface area contributed by atoms with Crippen molar-refractivity contribution in [3.8, 4) is 0 Å². The van der Waals surface area contributed by atoms with Gasteiger partial charge in [0.2, 0.25) is 10.0 Å². The zero-order valence-electron chi connectivity index (χ0n) is 12.0. The number of benzene rings is 1. The van der Waals surface area contributed by atoms with Crippen LogP contribution in [0.4, 0.5) is 0 Å². The highest BCUT2D eigenvalue weighted by Gasteiger charge is 2.26. The maximum Gasteiger partial charge on any atom is 0.337 e. The van der Waals surface area contributed by atoms with Gasteiger partial charge in [-0.2, -0.15) is 0 Å². The SMILES string of the molecule is O=C(O)c1ccc(S(=O)(=O)NCC2CCCS(=O)(=O)C2)cc1Cl. The number of aromatic carboxylic acids is 1. The molecule has 2 N–H and O–H groups in total. The molecule has 2 rings (SSSR count). The number of sulfonamides is 1. The van der Waals surface area contributed by atoms with Gasteiger partial charge >= 0.3 is 5.97 Å². The van der Waals surface area contributed by atoms with Crippen molar-refractivity contribution < 1.29 is 26.7 Å². The molecule has 0 spiro atoms. The van der Waals surface area contributed by atoms with Gasteiger partial charge in [-0.05, 0) is 37.0 Å². The van der Waals surface area contributed by atoms with Crippen LogP contribution in [0.2, 0.25) is 5.02 Å². The zero-order valence-corrected chi connectivity index (χ0v) is 14.4. The van der Waals surface area contributed by atoms with Gasteiger partial charge in [0.1, 0.15) is 0 Å². The average Bonchev–Trinajstić information content (AvgIpc) is 2.44. The first-order chi connectivity index (χ1) is 10.6. The number of halogens is 1. The summed E-state index contributed by atoms with van der Waals surface area (Å²) in [5, 5.41) is 8.70. The molecule has 1 aromatic rings. The van der Waals surface area contributed by atoms with Gasteiger partial charge in [-0.3, -0.25) is 0 Å². The van der Waals surface area contributed by atoms with Gasteiger partial charge in [0, 0.05) is 6.54 Å². The molecule has 1 atom stereocenters. The van der Waals surface area contributed by atoms with Crippen LogP contribution >= 0.6 is 11.6 Å². The number of carboxylic acid groups (broad SMARTS) is 1. The number of hydrogen-bond donors (Lipinski definition) is 2. The molecule has 1 aliphatic rings. The summed E-state index contributed by atoms with van der Waals surface area (Å²) < 4.78 is 49.9. The Morgan fingerprint density at radius 3 is 2.65 bits per heavy atom. The molecule has 1 saturated heterocycles. The van der Waals surface area contributed by atoms with E-state index >= 15 is 0 Å². The predicted octanol–water partition coefficient (Wildman–Crippen LogP) is 1.14. The van der Waals surface area contributed by atoms with Crippen molar-refractivity contribution in [1.82, 2.24) is 4.72 Å². The fourth-order valence-corrected chi connectivity index (χ4v) is 5.67. The third-order valence-corrected chi connectivity index (χ3v) is 7.22. The van der Waals surface area contributed by atoms with Crippen molar-refractivity contribution in [3.63, 3.8) is 0 Å². The minimum absolute atomic E-state index is 0.0138. The molecule has 0 radical (unpaired) electrons. The molecular weight excluding hydrogens is 366 g/mol. The summed E-state index contributed by atoms with van der Waals surface area (Å²) in [7, 11) is -6.99. The summed E-state index contributed by atoms with van der Waals surface area (Å²) in [5.41, 5.74) is -0.191. The number of nitrogens with one attached hydrogen (secondary N) is 1. The molecule has 0 saturated carbocycles. The maximum atomic E-state index is 12.2. The molecule has 23 heavy (non-hydrogen) atoms. The highest BCUT2D eigenvalue weighted by atomic mass is 35.5. The second-order valence-electron chi connectivity index (χ2n) is 5.42. The van der Waals surface area contributed by atoms with Crippen LogP contribution in [-0.2, 0) is 19.9 Å². The number of rotatable bonds is 5. The van der Waals surface area contributed by atoms with Crippen LogP contribution in [-0.4, -0.2) is 46.0 Å². The van der Waals surface area contributed by atoms with Gasteiger partial charge in [0.25, 0.3) is 0 Å². The van der Waals surface area contributed by atoms with Crippen LogP contribution in [0.1, 0.15) is 23.2 Å². The fraction of sp³-hybridized carbons (Fsp3) is 0.462. The van der Waals surface area contributed by atoms with E-state index < -0.39 is 25.8 Å². The Morgan fingerprint density at radius 2 is 2.09 bits per heavy atom. The Bertz CT molecular complexity index is 819. The molecule has 0 aliphatic carbocycles. The van der Waals surface area contributed by atoms with Crippen LogP contribution in [0.15, 0.2) is 23.1 Å². The van der Waals surface area contributed by atoms with Crippen LogP contribution in [0.3, 0.4) is 0 Å². The summed E-state index contributed by atoms with van der Waals surface area (Å²) in [6.07, 6.45) is 1.16. The van der Waals surface area contributed by atoms with E-state index in [-0.39, 0.29) is 39.4 Å². The molecule has 0 bridgehead atoms. The van der Waals surface area contributed by atoms with Gasteiger partial charge in [0.15, 0.2) is 9.84 Å². The number of carbonyl (C=O) groups is 1. The summed E-state index contributed by atoms with van der Waals surface area (Å²) in [5.74, 6) is -1.41. The maximum absolute atomic E-state index is 12.2. The van der Waals surface area contributed by atoms with Crippen molar-refractivity contribution in [1.29, 1.82) is 0 Å². The lowest BCUT2D eigenvalue weighted by atomic mass is 10.1. The molecule has 1 unspecified atom stereocenters. The molecule has 1 heterocycles. The topological polar surface area (TPSA) is 118 Å². The van der Waals surface area contributed by atoms with Crippen molar-refractivity contribution in [3.05, 3.63) is 28.8 Å². The minimum atomic E-state index is -3.88. The Hall–Kier alpha value is -1.16. The van der Waals surface area contributed by atoms with E-state index in [9.17, 15) is 21.6 Å². The van der Waals surface area contributed by atoms with Crippen molar-refractivity contribution >= 4 is 37.4 Å². The Kier molecular flexibility index (Phi) is 5.34. The molecule has 1 fully saturated rings. The molecule has 7 nitrogen and oxygen atoms in total. The standard InChI is InChI=1S/C13H16ClNO6S2/c14-12-6-10(3-4-11(12)13(16)17)23(20,21)15-7-9-2-1-5-22(18,19)8-9/h3-4,6,9,15H,1-2,5,7-8H2,(H,16,17). The number of hydrogen-bond acceptors (Lipinski definition) is 5. The smallest absolute Gasteiger partial charge is 0.337 e. The first kappa shape index (κ1) is 18.2. The monoisotopic (exact) mass is 381 g/mol. The van der Waals surface area contributed by atoms with Gasteiger partial charge in [-0.15, -0.1) is 0 Å². The quantitative estimate of drug-likeness (QED) is 0.789. The van der Waals surface area contributed by atoms with E-state index in [1.54, 1.807) is 0 Å². The summed E-state index contributed by atoms with van der Waals surface area (Å²) in [6.45, 7) is 0.0138. The molecular formula is C13H16ClNO6S2. The predicted molar refractivity (Wildman–Crippen MR) is 85.0 cm³/mol. The average molecular weight is 382 g/mol. The van der Waals surface area contributed by atoms with E-state index in [2.05, 4.69) is 4.72 Å². The summed E-state index contributed by atoms with van der Waals surface area (Å²) in [4.78, 5) is 10.7. The van der Waals surface area contributed by atoms with Crippen LogP contribution in [0.5, 0.6) is 0 Å². The third kappa shape index (κ3) is 4.66. The Labute approximate surface area is 139 Å². The van der Waals surface area contributed by atoms with E-state index in [1.807, 2.05) is 0 Å². The second-order valence-corrected chi connectivity index (χ2v) is 9.82. The van der Waals surface area contributed by atoms with Crippen molar-refractivity contribution in [2.75, 3.05) is 18.1 Å². The van der Waals surface area contributed by atoms with Gasteiger partial charge in [0.05, 0.1) is 27.0 Å². The lowest BCUT2D eigenvalue weighted by molar-refractivity contribution is 0.0697. The molecule has 10 heteroatoms. The van der Waals surface area contributed by atoms with Crippen molar-refractivity contribution in [2.45, 2.75) is 17.7 Å².